The molecule has 10 rings (SSSR count). The zero-order valence-corrected chi connectivity index (χ0v) is 54.2. The van der Waals surface area contributed by atoms with Gasteiger partial charge in [0, 0.05) is 32.2 Å². The molecule has 5 aliphatic heterocycles. The van der Waals surface area contributed by atoms with Crippen LogP contribution in [0.3, 0.4) is 0 Å². The van der Waals surface area contributed by atoms with E-state index in [-0.39, 0.29) is 55.2 Å². The van der Waals surface area contributed by atoms with Crippen LogP contribution in [0.15, 0.2) is 136 Å². The number of β-lactam (4-membered cyclic amide) rings is 3. The van der Waals surface area contributed by atoms with E-state index >= 15 is 0 Å². The molecule has 18 heteroatoms. The SMILES string of the molecule is C.C.C=P(c1ccccc1)(c1ccccc1)c1ccccc1.CC.CC[C@H](C)[C@@H]1C(=O)N2C(C)=C(C)S[C@H]12.CC[C@H](C)[C@@H]1C(=O)N[C@@H]1SSn1nnc2ccccc21.CC[C@H](O)[C@@H]1C(=O)N2C(C)=C(C)S[C@H]12.I[I-]I. The minimum absolute atomic E-state index is 0. The summed E-state index contributed by atoms with van der Waals surface area (Å²) in [6.45, 7) is 20.9. The van der Waals surface area contributed by atoms with Crippen LogP contribution in [0.5, 0.6) is 0 Å². The standard InChI is InChI=1S/C19H17P.C13H16N4OS2.C11H17NOS.C10H15NO2S.C2H6.2CH4.I3/c1-20(17-11-5-2-6-12-17,18-13-7-3-8-14-18)19-15-9-4-10-16-19;1-3-8(2)11-12(18)14-13(11)19-20-17-10-7-5-4-6-9(10)15-16-17;1-5-6(2)9-10(13)12-7(3)8(4)14-11(9)12;1-4-7(12)8-9(13)11-5(2)6(3)14-10(8)11;1-2;;;1-3-2/h2-16H,1H2;4-8,11,13H,3H2,1-2H3,(H,14,18);6,9,11H,5H2,1-4H3;7-8,10,12H,4H2,1-3H3;1-2H3;2*1H4;/q;;;;;;;-1/t;8-,11+,13+;6-,9+,11+;7-,8+,10+;;;;/m.000..../s1. The maximum absolute atomic E-state index is 11.9. The zero-order chi connectivity index (χ0) is 53.6. The molecule has 0 unspecified atom stereocenters. The number of carbonyl (C=O) groups is 3. The van der Waals surface area contributed by atoms with E-state index in [2.05, 4.69) is 178 Å². The Morgan fingerprint density at radius 1 is 0.680 bits per heavy atom. The molecule has 5 aliphatic rings. The topological polar surface area (TPSA) is 121 Å². The van der Waals surface area contributed by atoms with Crippen molar-refractivity contribution < 1.29 is 32.7 Å². The van der Waals surface area contributed by atoms with Crippen molar-refractivity contribution in [3.63, 3.8) is 0 Å². The van der Waals surface area contributed by atoms with Crippen LogP contribution in [0, 0.1) is 29.6 Å². The third kappa shape index (κ3) is 15.5. The molecule has 0 bridgehead atoms. The number of para-hydroxylation sites is 1. The average Bonchev–Trinajstić information content (AvgIpc) is 4.03. The molecule has 3 amide bonds. The molecule has 5 aromatic rings. The van der Waals surface area contributed by atoms with Crippen molar-refractivity contribution >= 4 is 140 Å². The molecular weight excluding hydrogens is 1370 g/mol. The summed E-state index contributed by atoms with van der Waals surface area (Å²) in [6.07, 6.45) is 6.98. The van der Waals surface area contributed by atoms with Crippen LogP contribution in [0.4, 0.5) is 0 Å². The molecule has 75 heavy (non-hydrogen) atoms. The van der Waals surface area contributed by atoms with Gasteiger partial charge in [0.25, 0.3) is 0 Å². The van der Waals surface area contributed by atoms with Crippen LogP contribution in [-0.4, -0.2) is 75.6 Å². The number of allylic oxidation sites excluding steroid dienone is 4. The van der Waals surface area contributed by atoms with Crippen LogP contribution in [0.1, 0.15) is 110 Å². The van der Waals surface area contributed by atoms with Gasteiger partial charge in [-0.05, 0) is 91.7 Å². The molecule has 6 heterocycles. The molecule has 1 aromatic heterocycles. The number of aliphatic hydroxyl groups is 1. The summed E-state index contributed by atoms with van der Waals surface area (Å²) in [7, 11) is 3.16. The zero-order valence-electron chi connectivity index (χ0n) is 43.6. The van der Waals surface area contributed by atoms with E-state index in [1.165, 1.54) is 42.4 Å². The third-order valence-corrected chi connectivity index (χ3v) is 22.6. The Bertz CT molecular complexity index is 2560. The van der Waals surface area contributed by atoms with Gasteiger partial charge in [0.1, 0.15) is 16.4 Å². The average molecular weight is 1450 g/mol. The van der Waals surface area contributed by atoms with Crippen LogP contribution < -0.4 is 34.5 Å². The first-order chi connectivity index (χ1) is 35.1. The number of benzene rings is 4. The van der Waals surface area contributed by atoms with Gasteiger partial charge in [-0.2, -0.15) is 4.09 Å². The normalized spacial score (nSPS) is 22.0. The summed E-state index contributed by atoms with van der Waals surface area (Å²) < 4.78 is 1.80. The number of hydrogen-bond acceptors (Lipinski definition) is 10. The van der Waals surface area contributed by atoms with E-state index < -0.39 is 13.0 Å². The van der Waals surface area contributed by atoms with Gasteiger partial charge in [0.2, 0.25) is 17.7 Å². The number of nitrogens with one attached hydrogen (secondary N) is 1. The van der Waals surface area contributed by atoms with E-state index in [1.54, 1.807) is 26.6 Å². The number of rotatable bonds is 12. The van der Waals surface area contributed by atoms with Gasteiger partial charge in [-0.3, -0.25) is 14.4 Å². The number of carbonyl (C=O) groups excluding carboxylic acids is 3. The fourth-order valence-corrected chi connectivity index (χ4v) is 17.4. The summed E-state index contributed by atoms with van der Waals surface area (Å²) in [5.74, 6) is 1.71. The fourth-order valence-electron chi connectivity index (χ4n) is 8.94. The second-order valence-corrected chi connectivity index (χ2v) is 42.3. The summed E-state index contributed by atoms with van der Waals surface area (Å²) in [4.78, 5) is 41.5. The number of nitrogens with zero attached hydrogens (tertiary/aromatic N) is 5. The molecular formula is C57H79I3N6O4PS4-. The first-order valence-corrected chi connectivity index (χ1v) is 43.3. The summed E-state index contributed by atoms with van der Waals surface area (Å²) in [5, 5.41) is 25.6. The predicted molar refractivity (Wildman–Crippen MR) is 344 cm³/mol. The predicted octanol–water partition coefficient (Wildman–Crippen LogP) is 11.5. The molecule has 2 N–H and O–H groups in total. The van der Waals surface area contributed by atoms with Gasteiger partial charge in [0.15, 0.2) is 0 Å². The molecule has 0 spiro atoms. The Morgan fingerprint density at radius 3 is 1.51 bits per heavy atom. The van der Waals surface area contributed by atoms with Gasteiger partial charge in [-0.1, -0.05) is 191 Å². The third-order valence-electron chi connectivity index (χ3n) is 13.9. The summed E-state index contributed by atoms with van der Waals surface area (Å²) in [5.41, 5.74) is 4.11. The number of halogens is 3. The molecule has 0 saturated carbocycles. The van der Waals surface area contributed by atoms with Crippen molar-refractivity contribution in [3.8, 4) is 0 Å². The Hall–Kier alpha value is -1.98. The minimum atomic E-state index is -1.78. The van der Waals surface area contributed by atoms with E-state index in [0.717, 1.165) is 29.6 Å². The van der Waals surface area contributed by atoms with Crippen LogP contribution in [0.25, 0.3) is 11.0 Å². The number of aliphatic hydroxyl groups excluding tert-OH is 1. The van der Waals surface area contributed by atoms with Gasteiger partial charge in [0.05, 0.1) is 34.6 Å². The molecule has 0 aliphatic carbocycles. The number of thioether (sulfide) groups is 2. The fraction of sp³-hybridized carbons (Fsp3) is 0.439. The summed E-state index contributed by atoms with van der Waals surface area (Å²) in [6, 6.07) is 39.8. The molecule has 10 nitrogen and oxygen atoms in total. The van der Waals surface area contributed by atoms with Crippen LogP contribution >= 0.6 is 89.4 Å². The molecule has 3 fully saturated rings. The number of hydrogen-bond donors (Lipinski definition) is 2. The van der Waals surface area contributed by atoms with E-state index in [4.69, 9.17) is 6.30 Å². The Balaban J connectivity index is 0.000000257. The Morgan fingerprint density at radius 2 is 1.08 bits per heavy atom. The number of fused-ring (bicyclic) bond motifs is 3. The molecule has 9 atom stereocenters. The monoisotopic (exact) mass is 1450 g/mol. The van der Waals surface area contributed by atoms with Crippen molar-refractivity contribution in [2.75, 3.05) is 0 Å². The van der Waals surface area contributed by atoms with Gasteiger partial charge in [-0.15, -0.1) is 28.6 Å². The van der Waals surface area contributed by atoms with Crippen LogP contribution in [0.2, 0.25) is 0 Å². The molecule has 0 radical (unpaired) electrons. The quantitative estimate of drug-likeness (QED) is 0.0541. The first-order valence-electron chi connectivity index (χ1n) is 24.8. The van der Waals surface area contributed by atoms with Gasteiger partial charge in [-0.25, -0.2) is 0 Å². The second kappa shape index (κ2) is 32.3. The molecule has 3 saturated heterocycles. The van der Waals surface area contributed by atoms with Crippen molar-refractivity contribution in [3.05, 3.63) is 136 Å². The van der Waals surface area contributed by atoms with E-state index in [0.29, 0.717) is 42.8 Å². The van der Waals surface area contributed by atoms with Gasteiger partial charge < -0.3 is 20.2 Å². The van der Waals surface area contributed by atoms with Crippen molar-refractivity contribution in [2.45, 2.75) is 133 Å². The molecule has 4 aromatic carbocycles. The number of aromatic nitrogens is 3. The molecule has 412 valence electrons. The number of amides is 3. The van der Waals surface area contributed by atoms with Gasteiger partial charge >= 0.3 is 50.5 Å². The van der Waals surface area contributed by atoms with E-state index in [1.807, 2.05) is 87.4 Å². The summed E-state index contributed by atoms with van der Waals surface area (Å²) >= 11 is 8.87. The van der Waals surface area contributed by atoms with Crippen molar-refractivity contribution in [2.24, 2.45) is 29.6 Å². The van der Waals surface area contributed by atoms with Crippen molar-refractivity contribution in [1.29, 1.82) is 0 Å². The van der Waals surface area contributed by atoms with Crippen molar-refractivity contribution in [1.82, 2.24) is 29.5 Å². The second-order valence-electron chi connectivity index (χ2n) is 18.0. The van der Waals surface area contributed by atoms with Crippen LogP contribution in [-0.2, 0) is 14.4 Å². The Kier molecular flexibility index (Phi) is 29.0. The Labute approximate surface area is 495 Å². The van der Waals surface area contributed by atoms with E-state index in [9.17, 15) is 19.5 Å². The first kappa shape index (κ1) is 67.3. The maximum atomic E-state index is 11.9.